The van der Waals surface area contributed by atoms with E-state index in [1.807, 2.05) is 60.6 Å². The number of hydrogen-bond donors (Lipinski definition) is 1. The zero-order valence-corrected chi connectivity index (χ0v) is 25.8. The normalized spacial score (nSPS) is 11.3. The van der Waals surface area contributed by atoms with Crippen molar-refractivity contribution < 1.29 is 22.7 Å². The molecule has 0 amide bonds. The van der Waals surface area contributed by atoms with Gasteiger partial charge in [-0.2, -0.15) is 0 Å². The van der Waals surface area contributed by atoms with Gasteiger partial charge in [0.15, 0.2) is 0 Å². The summed E-state index contributed by atoms with van der Waals surface area (Å²) in [5.74, 6) is 0.481. The Balaban J connectivity index is 0. The average molecular weight is 654 g/mol. The van der Waals surface area contributed by atoms with Gasteiger partial charge in [-0.05, 0) is 13.8 Å². The number of fused-ring (bicyclic) bond motifs is 1. The fourth-order valence-corrected chi connectivity index (χ4v) is 4.63. The summed E-state index contributed by atoms with van der Waals surface area (Å²) in [6.45, 7) is 17.9. The van der Waals surface area contributed by atoms with E-state index >= 15 is 0 Å². The summed E-state index contributed by atoms with van der Waals surface area (Å²) in [6, 6.07) is 3.68. The van der Waals surface area contributed by atoms with Crippen LogP contribution >= 0.6 is 7.60 Å². The number of rotatable bonds is 10. The first kappa shape index (κ1) is 32.6. The molecular weight excluding hydrogens is 615 g/mol. The van der Waals surface area contributed by atoms with E-state index in [-0.39, 0.29) is 25.7 Å². The Hall–Kier alpha value is -0.618. The molecule has 0 saturated carbocycles. The number of nitrogens with zero attached hydrogens (tertiary/aromatic N) is 3. The topological polar surface area (TPSA) is 87.0 Å². The Morgan fingerprint density at radius 3 is 2.16 bits per heavy atom. The van der Waals surface area contributed by atoms with E-state index in [1.165, 1.54) is 4.52 Å². The number of aromatic nitrogens is 3. The first-order chi connectivity index (χ1) is 14.9. The summed E-state index contributed by atoms with van der Waals surface area (Å²) < 4.78 is 46.6. The second-order valence-electron chi connectivity index (χ2n) is 5.25. The predicted octanol–water partition coefficient (Wildman–Crippen LogP) is 5.61. The van der Waals surface area contributed by atoms with Crippen LogP contribution < -0.4 is 3.13 Å². The molecule has 1 unspecified atom stereocenters. The molecule has 0 spiro atoms. The Labute approximate surface area is 203 Å². The molecule has 0 radical (unpaired) electrons. The summed E-state index contributed by atoms with van der Waals surface area (Å²) in [5, 5.41) is 3.82. The van der Waals surface area contributed by atoms with Gasteiger partial charge in [0, 0.05) is 0 Å². The van der Waals surface area contributed by atoms with Crippen molar-refractivity contribution in [3.63, 3.8) is 0 Å². The van der Waals surface area contributed by atoms with Crippen LogP contribution in [0.4, 0.5) is 10.2 Å². The van der Waals surface area contributed by atoms with Gasteiger partial charge in [-0.1, -0.05) is 41.5 Å². The smallest absolute Gasteiger partial charge is 0.0410 e. The van der Waals surface area contributed by atoms with Crippen molar-refractivity contribution in [1.82, 2.24) is 14.6 Å². The van der Waals surface area contributed by atoms with E-state index in [1.54, 1.807) is 13.8 Å². The molecule has 31 heavy (non-hydrogen) atoms. The van der Waals surface area contributed by atoms with Crippen molar-refractivity contribution in [2.75, 3.05) is 22.7 Å². The molecule has 2 aromatic rings. The summed E-state index contributed by atoms with van der Waals surface area (Å²) in [4.78, 5) is 3.75. The van der Waals surface area contributed by atoms with Crippen LogP contribution in [0.15, 0.2) is 12.1 Å². The molecule has 0 aromatic carbocycles. The molecule has 0 aliphatic rings. The fourth-order valence-electron chi connectivity index (χ4n) is 2.36. The summed E-state index contributed by atoms with van der Waals surface area (Å²) in [7, 11) is -3.25. The van der Waals surface area contributed by atoms with Crippen LogP contribution in [0, 0.1) is 6.08 Å². The van der Waals surface area contributed by atoms with Crippen LogP contribution in [-0.4, -0.2) is 66.3 Å². The molecule has 2 aromatic heterocycles. The number of hydrogen-bond acceptors (Lipinski definition) is 7. The Morgan fingerprint density at radius 2 is 1.68 bits per heavy atom. The third-order valence-electron chi connectivity index (χ3n) is 3.37. The monoisotopic (exact) mass is 654 g/mol. The Morgan fingerprint density at radius 1 is 1.13 bits per heavy atom. The second-order valence-corrected chi connectivity index (χ2v) is 8.37. The van der Waals surface area contributed by atoms with Gasteiger partial charge in [-0.15, -0.1) is 0 Å². The van der Waals surface area contributed by atoms with Gasteiger partial charge in [0.05, 0.1) is 0 Å². The number of halogens is 1. The quantitative estimate of drug-likeness (QED) is 0.264. The van der Waals surface area contributed by atoms with E-state index < -0.39 is 13.7 Å². The van der Waals surface area contributed by atoms with Gasteiger partial charge >= 0.3 is 148 Å². The van der Waals surface area contributed by atoms with Crippen molar-refractivity contribution >= 4 is 45.0 Å². The van der Waals surface area contributed by atoms with Crippen molar-refractivity contribution in [2.45, 2.75) is 74.8 Å². The molecule has 1 atom stereocenters. The first-order valence-corrected chi connectivity index (χ1v) is 14.9. The fraction of sp³-hybridized carbons (Fsp3) is 0.700. The van der Waals surface area contributed by atoms with E-state index in [2.05, 4.69) is 13.2 Å². The summed E-state index contributed by atoms with van der Waals surface area (Å²) in [6.07, 6.45) is -0.735. The SMILES string of the molecule is CC.CC.CC.CCOP(=O)(COC(C)Cc1ccc2c([NH][Tl])nc(F)nn12)OCC. The summed E-state index contributed by atoms with van der Waals surface area (Å²) >= 11 is 0.440. The van der Waals surface area contributed by atoms with Crippen LogP contribution in [-0.2, 0) is 24.8 Å². The van der Waals surface area contributed by atoms with Crippen LogP contribution in [0.3, 0.4) is 0 Å². The second kappa shape index (κ2) is 18.9. The minimum Gasteiger partial charge on any atom is -0.0410 e. The molecule has 2 rings (SSSR count). The Kier molecular flexibility index (Phi) is 19.9. The van der Waals surface area contributed by atoms with Crippen molar-refractivity contribution in [3.05, 3.63) is 23.9 Å². The van der Waals surface area contributed by atoms with Crippen LogP contribution in [0.25, 0.3) is 5.52 Å². The summed E-state index contributed by atoms with van der Waals surface area (Å²) in [5.41, 5.74) is 1.48. The minimum atomic E-state index is -3.25. The zero-order chi connectivity index (χ0) is 24.4. The Bertz CT molecular complexity index is 754. The number of ether oxygens (including phenoxy) is 1. The zero-order valence-electron chi connectivity index (χ0n) is 20.4. The van der Waals surface area contributed by atoms with Crippen molar-refractivity contribution in [2.24, 2.45) is 0 Å². The molecule has 0 fully saturated rings. The third-order valence-corrected chi connectivity index (χ3v) is 6.20. The van der Waals surface area contributed by atoms with Crippen molar-refractivity contribution in [1.29, 1.82) is 0 Å². The van der Waals surface area contributed by atoms with Gasteiger partial charge < -0.3 is 0 Å². The van der Waals surface area contributed by atoms with E-state index in [0.717, 1.165) is 5.69 Å². The maximum absolute atomic E-state index is 13.6. The molecule has 1 N–H and O–H groups in total. The van der Waals surface area contributed by atoms with Crippen LogP contribution in [0.1, 0.15) is 68.0 Å². The predicted molar refractivity (Wildman–Crippen MR) is 126 cm³/mol. The molecular formula is C20H39FN4O4PTl. The van der Waals surface area contributed by atoms with E-state index in [0.29, 0.717) is 43.8 Å². The number of nitrogens with one attached hydrogen (secondary N) is 1. The third kappa shape index (κ3) is 11.2. The number of anilines is 1. The van der Waals surface area contributed by atoms with Gasteiger partial charge in [-0.25, -0.2) is 0 Å². The molecule has 8 nitrogen and oxygen atoms in total. The minimum absolute atomic E-state index is 0.128. The molecule has 0 bridgehead atoms. The molecule has 11 heteroatoms. The standard InChI is InChI=1S/C14H21FN4O4P.3C2H6.Tl/c1-4-22-24(20,23-5-2)9-21-10(3)8-11-6-7-12-13(16)17-14(15)18-19(11)12;3*1-2;/h6-7,10H,4-5,8-9H2,1-3H3,(H-,16,17,18);3*1-2H3;/q-1;;;;+1. The molecule has 0 aliphatic carbocycles. The average Bonchev–Trinajstić information content (AvgIpc) is 3.18. The van der Waals surface area contributed by atoms with E-state index in [9.17, 15) is 8.96 Å². The van der Waals surface area contributed by atoms with E-state index in [4.69, 9.17) is 13.8 Å². The van der Waals surface area contributed by atoms with Gasteiger partial charge in [0.1, 0.15) is 0 Å². The molecule has 2 heterocycles. The molecule has 0 aliphatic heterocycles. The van der Waals surface area contributed by atoms with Crippen LogP contribution in [0.5, 0.6) is 0 Å². The van der Waals surface area contributed by atoms with Crippen molar-refractivity contribution in [3.8, 4) is 0 Å². The van der Waals surface area contributed by atoms with Gasteiger partial charge in [0.2, 0.25) is 0 Å². The molecule has 178 valence electrons. The molecule has 0 saturated heterocycles. The first-order valence-electron chi connectivity index (χ1n) is 10.9. The van der Waals surface area contributed by atoms with Gasteiger partial charge in [0.25, 0.3) is 0 Å². The van der Waals surface area contributed by atoms with Crippen LogP contribution in [0.2, 0.25) is 0 Å². The maximum atomic E-state index is 13.6. The van der Waals surface area contributed by atoms with Gasteiger partial charge in [-0.3, -0.25) is 0 Å².